The molecule has 1 heterocycles. The maximum absolute atomic E-state index is 14.5. The molecule has 0 atom stereocenters. The van der Waals surface area contributed by atoms with Gasteiger partial charge in [0, 0.05) is 30.2 Å². The number of halogens is 2. The molecule has 3 N–H and O–H groups in total. The van der Waals surface area contributed by atoms with Crippen molar-refractivity contribution in [3.63, 3.8) is 0 Å². The molecule has 176 valence electrons. The highest BCUT2D eigenvalue weighted by Gasteiger charge is 2.17. The topological polar surface area (TPSA) is 101 Å². The smallest absolute Gasteiger partial charge is 0.223 e. The molecule has 0 unspecified atom stereocenters. The van der Waals surface area contributed by atoms with Gasteiger partial charge in [0.05, 0.1) is 12.5 Å². The number of aromatic nitrogens is 2. The molecule has 3 aromatic rings. The van der Waals surface area contributed by atoms with E-state index in [-0.39, 0.29) is 12.2 Å². The lowest BCUT2D eigenvalue weighted by Crippen LogP contribution is -2.31. The van der Waals surface area contributed by atoms with Crippen molar-refractivity contribution >= 4 is 27.6 Å². The van der Waals surface area contributed by atoms with Gasteiger partial charge in [-0.15, -0.1) is 0 Å². The van der Waals surface area contributed by atoms with Crippen molar-refractivity contribution < 1.29 is 12.8 Å². The lowest BCUT2D eigenvalue weighted by Gasteiger charge is -2.20. The molecule has 0 saturated heterocycles. The van der Waals surface area contributed by atoms with Crippen LogP contribution in [-0.4, -0.2) is 48.6 Å². The van der Waals surface area contributed by atoms with E-state index in [4.69, 9.17) is 17.3 Å². The number of nitrogens with zero attached hydrogens (tertiary/aromatic N) is 3. The molecule has 10 heteroatoms. The molecule has 0 saturated carbocycles. The Morgan fingerprint density at radius 3 is 2.64 bits per heavy atom. The number of sulfonamides is 1. The van der Waals surface area contributed by atoms with E-state index in [1.165, 1.54) is 10.6 Å². The number of hydrogen-bond donors (Lipinski definition) is 2. The summed E-state index contributed by atoms with van der Waals surface area (Å²) >= 11 is 6.01. The van der Waals surface area contributed by atoms with Gasteiger partial charge >= 0.3 is 0 Å². The van der Waals surface area contributed by atoms with E-state index >= 15 is 0 Å². The molecule has 0 fully saturated rings. The van der Waals surface area contributed by atoms with Gasteiger partial charge < -0.3 is 11.1 Å². The molecule has 0 bridgehead atoms. The molecule has 1 aromatic heterocycles. The molecule has 0 aliphatic carbocycles. The number of rotatable bonds is 11. The van der Waals surface area contributed by atoms with Gasteiger partial charge in [-0.05, 0) is 48.7 Å². The van der Waals surface area contributed by atoms with E-state index in [1.807, 2.05) is 24.3 Å². The van der Waals surface area contributed by atoms with Crippen molar-refractivity contribution in [1.29, 1.82) is 0 Å². The second-order valence-corrected chi connectivity index (χ2v) is 10.1. The summed E-state index contributed by atoms with van der Waals surface area (Å²) in [5, 5.41) is 3.78. The maximum Gasteiger partial charge on any atom is 0.223 e. The van der Waals surface area contributed by atoms with Crippen LogP contribution < -0.4 is 11.1 Å². The predicted molar refractivity (Wildman–Crippen MR) is 130 cm³/mol. The Hall–Kier alpha value is -2.59. The van der Waals surface area contributed by atoms with Crippen molar-refractivity contribution in [2.45, 2.75) is 19.4 Å². The Bertz CT molecular complexity index is 1190. The second-order valence-electron chi connectivity index (χ2n) is 7.64. The third kappa shape index (κ3) is 7.46. The number of nitrogens with two attached hydrogens (primary N) is 1. The molecule has 0 amide bonds. The SMILES string of the molecule is CS(=O)(=O)N(CCCN)Cc1cccc(-c2nc(NCCc3cccc(Cl)c3)ncc2F)c1. The first kappa shape index (κ1) is 25.0. The number of benzene rings is 2. The monoisotopic (exact) mass is 491 g/mol. The van der Waals surface area contributed by atoms with E-state index in [2.05, 4.69) is 15.3 Å². The van der Waals surface area contributed by atoms with E-state index < -0.39 is 15.8 Å². The van der Waals surface area contributed by atoms with Crippen LogP contribution in [0.25, 0.3) is 11.3 Å². The van der Waals surface area contributed by atoms with Crippen LogP contribution in [0.15, 0.2) is 54.7 Å². The second kappa shape index (κ2) is 11.5. The van der Waals surface area contributed by atoms with Gasteiger partial charge in [-0.2, -0.15) is 4.31 Å². The molecule has 0 radical (unpaired) electrons. The largest absolute Gasteiger partial charge is 0.354 e. The zero-order valence-corrected chi connectivity index (χ0v) is 19.9. The molecule has 3 rings (SSSR count). The lowest BCUT2D eigenvalue weighted by molar-refractivity contribution is 0.405. The summed E-state index contributed by atoms with van der Waals surface area (Å²) in [5.74, 6) is -0.254. The van der Waals surface area contributed by atoms with Gasteiger partial charge in [0.2, 0.25) is 16.0 Å². The minimum Gasteiger partial charge on any atom is -0.354 e. The van der Waals surface area contributed by atoms with Gasteiger partial charge in [0.1, 0.15) is 5.69 Å². The summed E-state index contributed by atoms with van der Waals surface area (Å²) in [5.41, 5.74) is 8.00. The minimum absolute atomic E-state index is 0.143. The van der Waals surface area contributed by atoms with E-state index in [9.17, 15) is 12.8 Å². The molecular formula is C23H27ClFN5O2S. The summed E-state index contributed by atoms with van der Waals surface area (Å²) in [6.45, 7) is 1.44. The summed E-state index contributed by atoms with van der Waals surface area (Å²) in [6, 6.07) is 14.6. The number of anilines is 1. The highest BCUT2D eigenvalue weighted by atomic mass is 35.5. The predicted octanol–water partition coefficient (Wildman–Crippen LogP) is 3.70. The van der Waals surface area contributed by atoms with Crippen LogP contribution in [0.3, 0.4) is 0 Å². The summed E-state index contributed by atoms with van der Waals surface area (Å²) < 4.78 is 40.1. The molecule has 7 nitrogen and oxygen atoms in total. The zero-order chi connectivity index (χ0) is 23.8. The van der Waals surface area contributed by atoms with Crippen LogP contribution in [0, 0.1) is 5.82 Å². The van der Waals surface area contributed by atoms with E-state index in [1.54, 1.807) is 24.3 Å². The highest BCUT2D eigenvalue weighted by molar-refractivity contribution is 7.88. The molecule has 0 spiro atoms. The lowest BCUT2D eigenvalue weighted by atomic mass is 10.1. The van der Waals surface area contributed by atoms with Crippen molar-refractivity contribution in [3.8, 4) is 11.3 Å². The van der Waals surface area contributed by atoms with Crippen molar-refractivity contribution in [2.24, 2.45) is 5.73 Å². The van der Waals surface area contributed by atoms with Gasteiger partial charge in [0.15, 0.2) is 5.82 Å². The molecule has 0 aliphatic heterocycles. The first-order valence-electron chi connectivity index (χ1n) is 10.5. The Labute approximate surface area is 198 Å². The average Bonchev–Trinajstić information content (AvgIpc) is 2.77. The van der Waals surface area contributed by atoms with Crippen molar-refractivity contribution in [2.75, 3.05) is 31.2 Å². The number of hydrogen-bond acceptors (Lipinski definition) is 6. The van der Waals surface area contributed by atoms with Crippen LogP contribution in [0.2, 0.25) is 5.02 Å². The van der Waals surface area contributed by atoms with E-state index in [0.29, 0.717) is 49.0 Å². The third-order valence-corrected chi connectivity index (χ3v) is 6.45. The minimum atomic E-state index is -3.40. The normalized spacial score (nSPS) is 11.7. The van der Waals surface area contributed by atoms with Gasteiger partial charge in [0.25, 0.3) is 0 Å². The van der Waals surface area contributed by atoms with Crippen molar-refractivity contribution in [1.82, 2.24) is 14.3 Å². The van der Waals surface area contributed by atoms with Gasteiger partial charge in [-0.3, -0.25) is 0 Å². The highest BCUT2D eigenvalue weighted by Crippen LogP contribution is 2.23. The summed E-state index contributed by atoms with van der Waals surface area (Å²) in [6.07, 6.45) is 3.55. The van der Waals surface area contributed by atoms with Crippen LogP contribution >= 0.6 is 11.6 Å². The Morgan fingerprint density at radius 1 is 1.15 bits per heavy atom. The molecular weight excluding hydrogens is 465 g/mol. The van der Waals surface area contributed by atoms with Crippen LogP contribution in [0.5, 0.6) is 0 Å². The third-order valence-electron chi connectivity index (χ3n) is 4.97. The van der Waals surface area contributed by atoms with E-state index in [0.717, 1.165) is 17.3 Å². The van der Waals surface area contributed by atoms with Crippen LogP contribution in [-0.2, 0) is 23.0 Å². The number of nitrogens with one attached hydrogen (secondary N) is 1. The Morgan fingerprint density at radius 2 is 1.91 bits per heavy atom. The molecule has 33 heavy (non-hydrogen) atoms. The molecule has 0 aliphatic rings. The first-order valence-corrected chi connectivity index (χ1v) is 12.7. The fraction of sp³-hybridized carbons (Fsp3) is 0.304. The summed E-state index contributed by atoms with van der Waals surface area (Å²) in [4.78, 5) is 8.37. The standard InChI is InChI=1S/C23H27ClFN5O2S/c1-33(31,32)30(12-4-10-26)16-18-6-2-7-19(13-18)22-21(25)15-28-23(29-22)27-11-9-17-5-3-8-20(24)14-17/h2-3,5-8,13-15H,4,9-12,16,26H2,1H3,(H,27,28,29). The van der Waals surface area contributed by atoms with Crippen molar-refractivity contribution in [3.05, 3.63) is 76.7 Å². The van der Waals surface area contributed by atoms with Crippen LogP contribution in [0.1, 0.15) is 17.5 Å². The fourth-order valence-electron chi connectivity index (χ4n) is 3.32. The zero-order valence-electron chi connectivity index (χ0n) is 18.3. The van der Waals surface area contributed by atoms with Gasteiger partial charge in [-0.1, -0.05) is 41.9 Å². The fourth-order valence-corrected chi connectivity index (χ4v) is 4.37. The Balaban J connectivity index is 1.74. The Kier molecular flexibility index (Phi) is 8.74. The van der Waals surface area contributed by atoms with Gasteiger partial charge in [-0.25, -0.2) is 22.8 Å². The maximum atomic E-state index is 14.5. The summed E-state index contributed by atoms with van der Waals surface area (Å²) in [7, 11) is -3.40. The van der Waals surface area contributed by atoms with Crippen LogP contribution in [0.4, 0.5) is 10.3 Å². The first-order chi connectivity index (χ1) is 15.8. The quantitative estimate of drug-likeness (QED) is 0.424. The molecule has 2 aromatic carbocycles. The average molecular weight is 492 g/mol.